The van der Waals surface area contributed by atoms with E-state index in [0.717, 1.165) is 19.3 Å². The molecule has 0 saturated carbocycles. The Kier molecular flexibility index (Phi) is 3.37. The maximum absolute atomic E-state index is 12.4. The van der Waals surface area contributed by atoms with Gasteiger partial charge in [-0.15, -0.1) is 0 Å². The maximum Gasteiger partial charge on any atom is 0.322 e. The summed E-state index contributed by atoms with van der Waals surface area (Å²) in [4.78, 5) is 37.4. The number of ether oxygens (including phenoxy) is 1. The van der Waals surface area contributed by atoms with Gasteiger partial charge in [-0.1, -0.05) is 0 Å². The zero-order valence-electron chi connectivity index (χ0n) is 11.3. The smallest absolute Gasteiger partial charge is 0.322 e. The predicted molar refractivity (Wildman–Crippen MR) is 68.8 cm³/mol. The first-order chi connectivity index (χ1) is 9.61. The summed E-state index contributed by atoms with van der Waals surface area (Å²) >= 11 is 0. The van der Waals surface area contributed by atoms with E-state index >= 15 is 0 Å². The summed E-state index contributed by atoms with van der Waals surface area (Å²) in [6.45, 7) is 1.47. The van der Waals surface area contributed by atoms with Crippen molar-refractivity contribution in [3.8, 4) is 0 Å². The molecule has 3 saturated heterocycles. The number of piperidine rings is 1. The fourth-order valence-electron chi connectivity index (χ4n) is 3.20. The summed E-state index contributed by atoms with van der Waals surface area (Å²) in [6.07, 6.45) is 3.60. The minimum atomic E-state index is -0.945. The average Bonchev–Trinajstić information content (AvgIpc) is 2.73. The van der Waals surface area contributed by atoms with Crippen molar-refractivity contribution in [2.45, 2.75) is 43.7 Å². The van der Waals surface area contributed by atoms with Crippen LogP contribution in [-0.4, -0.2) is 54.1 Å². The van der Waals surface area contributed by atoms with Gasteiger partial charge in [0.25, 0.3) is 11.8 Å². The Balaban J connectivity index is 1.70. The number of nitrogens with zero attached hydrogens (tertiary/aromatic N) is 1. The summed E-state index contributed by atoms with van der Waals surface area (Å²) in [5, 5.41) is 4.93. The zero-order chi connectivity index (χ0) is 14.2. The molecule has 110 valence electrons. The molecular weight excluding hydrogens is 262 g/mol. The second-order valence-corrected chi connectivity index (χ2v) is 5.71. The number of carbonyl (C=O) groups is 3. The molecule has 4 amide bonds. The number of hydrogen-bond donors (Lipinski definition) is 2. The lowest BCUT2D eigenvalue weighted by molar-refractivity contribution is -0.149. The molecule has 2 unspecified atom stereocenters. The van der Waals surface area contributed by atoms with E-state index in [2.05, 4.69) is 10.6 Å². The molecule has 1 spiro atoms. The van der Waals surface area contributed by atoms with E-state index < -0.39 is 11.6 Å². The van der Waals surface area contributed by atoms with Crippen molar-refractivity contribution < 1.29 is 19.1 Å². The lowest BCUT2D eigenvalue weighted by Crippen LogP contribution is -2.61. The molecule has 0 aromatic heterocycles. The van der Waals surface area contributed by atoms with E-state index in [1.807, 2.05) is 0 Å². The van der Waals surface area contributed by atoms with Crippen LogP contribution in [0.3, 0.4) is 0 Å². The van der Waals surface area contributed by atoms with Gasteiger partial charge in [0, 0.05) is 13.2 Å². The minimum Gasteiger partial charge on any atom is -0.368 e. The molecule has 3 aliphatic rings. The number of amides is 4. The summed E-state index contributed by atoms with van der Waals surface area (Å²) in [5.74, 6) is -0.387. The van der Waals surface area contributed by atoms with Crippen molar-refractivity contribution in [1.82, 2.24) is 15.5 Å². The first-order valence-electron chi connectivity index (χ1n) is 7.15. The monoisotopic (exact) mass is 281 g/mol. The normalized spacial score (nSPS) is 34.0. The first kappa shape index (κ1) is 13.4. The molecule has 2 atom stereocenters. The van der Waals surface area contributed by atoms with Crippen molar-refractivity contribution in [2.75, 3.05) is 19.7 Å². The zero-order valence-corrected chi connectivity index (χ0v) is 11.3. The van der Waals surface area contributed by atoms with Gasteiger partial charge in [0.05, 0.1) is 6.54 Å². The van der Waals surface area contributed by atoms with E-state index in [1.54, 1.807) is 4.90 Å². The highest BCUT2D eigenvalue weighted by atomic mass is 16.5. The van der Waals surface area contributed by atoms with Crippen LogP contribution in [0.4, 0.5) is 4.79 Å². The lowest BCUT2D eigenvalue weighted by Gasteiger charge is -2.39. The standard InChI is InChI=1S/C13H19N3O4/c17-10(9-4-1-2-7-20-9)16-6-3-5-13(8-16)11(18)14-12(19)15-13/h9H,1-8H2,(H2,14,15,18,19). The highest BCUT2D eigenvalue weighted by Gasteiger charge is 2.50. The Morgan fingerprint density at radius 1 is 1.30 bits per heavy atom. The van der Waals surface area contributed by atoms with E-state index in [4.69, 9.17) is 4.74 Å². The molecule has 0 bridgehead atoms. The molecule has 7 nitrogen and oxygen atoms in total. The van der Waals surface area contributed by atoms with Gasteiger partial charge in [-0.2, -0.15) is 0 Å². The molecule has 20 heavy (non-hydrogen) atoms. The van der Waals surface area contributed by atoms with E-state index in [9.17, 15) is 14.4 Å². The quantitative estimate of drug-likeness (QED) is 0.649. The molecule has 0 aromatic rings. The largest absolute Gasteiger partial charge is 0.368 e. The van der Waals surface area contributed by atoms with Crippen molar-refractivity contribution in [1.29, 1.82) is 0 Å². The summed E-state index contributed by atoms with van der Waals surface area (Å²) < 4.78 is 5.51. The topological polar surface area (TPSA) is 87.7 Å². The first-order valence-corrected chi connectivity index (χ1v) is 7.15. The molecular formula is C13H19N3O4. The highest BCUT2D eigenvalue weighted by molar-refractivity contribution is 6.07. The third kappa shape index (κ3) is 2.26. The number of urea groups is 1. The number of carbonyl (C=O) groups excluding carboxylic acids is 3. The van der Waals surface area contributed by atoms with Crippen LogP contribution in [-0.2, 0) is 14.3 Å². The number of rotatable bonds is 1. The molecule has 3 heterocycles. The van der Waals surface area contributed by atoms with Gasteiger partial charge in [-0.3, -0.25) is 14.9 Å². The predicted octanol–water partition coefficient (Wildman–Crippen LogP) is -0.244. The summed E-state index contributed by atoms with van der Waals surface area (Å²) in [6, 6.07) is -0.474. The van der Waals surface area contributed by atoms with Gasteiger partial charge in [-0.25, -0.2) is 4.79 Å². The summed E-state index contributed by atoms with van der Waals surface area (Å²) in [7, 11) is 0. The van der Waals surface area contributed by atoms with Crippen molar-refractivity contribution in [3.63, 3.8) is 0 Å². The van der Waals surface area contributed by atoms with Gasteiger partial charge in [0.15, 0.2) is 0 Å². The Hall–Kier alpha value is -1.63. The third-order valence-corrected chi connectivity index (χ3v) is 4.27. The summed E-state index contributed by atoms with van der Waals surface area (Å²) in [5.41, 5.74) is -0.945. The number of likely N-dealkylation sites (tertiary alicyclic amines) is 1. The molecule has 3 rings (SSSR count). The Labute approximate surface area is 117 Å². The van der Waals surface area contributed by atoms with Gasteiger partial charge in [0.2, 0.25) is 0 Å². The van der Waals surface area contributed by atoms with Gasteiger partial charge in [-0.05, 0) is 32.1 Å². The van der Waals surface area contributed by atoms with Crippen LogP contribution in [0, 0.1) is 0 Å². The van der Waals surface area contributed by atoms with Crippen LogP contribution in [0.5, 0.6) is 0 Å². The fraction of sp³-hybridized carbons (Fsp3) is 0.769. The number of nitrogens with one attached hydrogen (secondary N) is 2. The molecule has 2 N–H and O–H groups in total. The third-order valence-electron chi connectivity index (χ3n) is 4.27. The van der Waals surface area contributed by atoms with Crippen molar-refractivity contribution in [3.05, 3.63) is 0 Å². The molecule has 3 aliphatic heterocycles. The van der Waals surface area contributed by atoms with Crippen LogP contribution < -0.4 is 10.6 Å². The van der Waals surface area contributed by atoms with Gasteiger partial charge >= 0.3 is 6.03 Å². The average molecular weight is 281 g/mol. The van der Waals surface area contributed by atoms with E-state index in [0.29, 0.717) is 26.0 Å². The highest BCUT2D eigenvalue weighted by Crippen LogP contribution is 2.26. The number of hydrogen-bond acceptors (Lipinski definition) is 4. The molecule has 0 radical (unpaired) electrons. The fourth-order valence-corrected chi connectivity index (χ4v) is 3.20. The molecule has 7 heteroatoms. The Morgan fingerprint density at radius 2 is 2.15 bits per heavy atom. The van der Waals surface area contributed by atoms with Crippen LogP contribution >= 0.6 is 0 Å². The Bertz CT molecular complexity index is 447. The Morgan fingerprint density at radius 3 is 2.80 bits per heavy atom. The van der Waals surface area contributed by atoms with Crippen LogP contribution in [0.25, 0.3) is 0 Å². The van der Waals surface area contributed by atoms with Gasteiger partial charge < -0.3 is 15.0 Å². The maximum atomic E-state index is 12.4. The second-order valence-electron chi connectivity index (χ2n) is 5.71. The van der Waals surface area contributed by atoms with Crippen LogP contribution in [0.1, 0.15) is 32.1 Å². The van der Waals surface area contributed by atoms with Crippen molar-refractivity contribution >= 4 is 17.8 Å². The van der Waals surface area contributed by atoms with Gasteiger partial charge in [0.1, 0.15) is 11.6 Å². The minimum absolute atomic E-state index is 0.0577. The van der Waals surface area contributed by atoms with Crippen molar-refractivity contribution in [2.24, 2.45) is 0 Å². The van der Waals surface area contributed by atoms with E-state index in [1.165, 1.54) is 0 Å². The second kappa shape index (κ2) is 5.05. The van der Waals surface area contributed by atoms with Crippen LogP contribution in [0.15, 0.2) is 0 Å². The molecule has 0 aromatic carbocycles. The molecule has 3 fully saturated rings. The van der Waals surface area contributed by atoms with E-state index in [-0.39, 0.29) is 24.5 Å². The lowest BCUT2D eigenvalue weighted by atomic mass is 9.88. The molecule has 0 aliphatic carbocycles. The number of imide groups is 1. The van der Waals surface area contributed by atoms with Crippen LogP contribution in [0.2, 0.25) is 0 Å². The SMILES string of the molecule is O=C1NC(=O)C2(CCCN(C(=O)C3CCCCO3)C2)N1.